The Labute approximate surface area is 115 Å². The third kappa shape index (κ3) is 3.48. The highest BCUT2D eigenvalue weighted by atomic mass is 35.5. The van der Waals surface area contributed by atoms with Gasteiger partial charge in [0.2, 0.25) is 0 Å². The van der Waals surface area contributed by atoms with Gasteiger partial charge in [0.15, 0.2) is 0 Å². The molecular weight excluding hydrogens is 271 g/mol. The van der Waals surface area contributed by atoms with Gasteiger partial charge in [0, 0.05) is 10.6 Å². The van der Waals surface area contributed by atoms with Crippen molar-refractivity contribution in [2.24, 2.45) is 0 Å². The summed E-state index contributed by atoms with van der Waals surface area (Å²) >= 11 is 7.50. The minimum Gasteiger partial charge on any atom is -0.388 e. The van der Waals surface area contributed by atoms with Gasteiger partial charge >= 0.3 is 0 Å². The molecule has 1 N–H and O–H groups in total. The van der Waals surface area contributed by atoms with Crippen LogP contribution in [0.25, 0.3) is 0 Å². The summed E-state index contributed by atoms with van der Waals surface area (Å²) in [5.41, 5.74) is 0.705. The molecule has 0 amide bonds. The largest absolute Gasteiger partial charge is 0.388 e. The Morgan fingerprint density at radius 2 is 1.78 bits per heavy atom. The first-order valence-electron chi connectivity index (χ1n) is 5.47. The molecule has 1 unspecified atom stereocenters. The average molecular weight is 283 g/mol. The van der Waals surface area contributed by atoms with E-state index in [9.17, 15) is 9.50 Å². The molecule has 4 heteroatoms. The van der Waals surface area contributed by atoms with Gasteiger partial charge in [-0.25, -0.2) is 4.39 Å². The van der Waals surface area contributed by atoms with E-state index in [0.29, 0.717) is 16.3 Å². The molecule has 0 radical (unpaired) electrons. The van der Waals surface area contributed by atoms with Crippen LogP contribution >= 0.6 is 23.4 Å². The fourth-order valence-corrected chi connectivity index (χ4v) is 2.72. The van der Waals surface area contributed by atoms with Gasteiger partial charge in [-0.2, -0.15) is 0 Å². The fourth-order valence-electron chi connectivity index (χ4n) is 1.51. The molecule has 18 heavy (non-hydrogen) atoms. The van der Waals surface area contributed by atoms with E-state index in [1.54, 1.807) is 12.1 Å². The molecule has 2 rings (SSSR count). The standard InChI is InChI=1S/C14H12ClFOS/c15-12-3-1-2-4-14(12)18-9-13(17)10-5-7-11(16)8-6-10/h1-8,13,17H,9H2. The van der Waals surface area contributed by atoms with Gasteiger partial charge in [-0.05, 0) is 29.8 Å². The van der Waals surface area contributed by atoms with Crippen molar-refractivity contribution in [3.8, 4) is 0 Å². The summed E-state index contributed by atoms with van der Waals surface area (Å²) in [5, 5.41) is 10.7. The number of aliphatic hydroxyl groups is 1. The van der Waals surface area contributed by atoms with E-state index in [1.165, 1.54) is 23.9 Å². The van der Waals surface area contributed by atoms with Gasteiger partial charge in [0.25, 0.3) is 0 Å². The van der Waals surface area contributed by atoms with Crippen LogP contribution in [-0.4, -0.2) is 10.9 Å². The number of aliphatic hydroxyl groups excluding tert-OH is 1. The average Bonchev–Trinajstić information content (AvgIpc) is 2.38. The van der Waals surface area contributed by atoms with E-state index in [0.717, 1.165) is 4.90 Å². The van der Waals surface area contributed by atoms with E-state index in [4.69, 9.17) is 11.6 Å². The van der Waals surface area contributed by atoms with E-state index < -0.39 is 6.10 Å². The predicted octanol–water partition coefficient (Wildman–Crippen LogP) is 4.30. The molecule has 2 aromatic carbocycles. The highest BCUT2D eigenvalue weighted by molar-refractivity contribution is 7.99. The Morgan fingerprint density at radius 3 is 2.44 bits per heavy atom. The zero-order valence-corrected chi connectivity index (χ0v) is 11.1. The summed E-state index contributed by atoms with van der Waals surface area (Å²) in [4.78, 5) is 0.931. The Hall–Kier alpha value is -1.03. The molecule has 0 aliphatic rings. The summed E-state index contributed by atoms with van der Waals surface area (Å²) < 4.78 is 12.7. The molecule has 2 aromatic rings. The van der Waals surface area contributed by atoms with Gasteiger partial charge in [-0.1, -0.05) is 35.9 Å². The van der Waals surface area contributed by atoms with E-state index in [1.807, 2.05) is 24.3 Å². The van der Waals surface area contributed by atoms with Crippen molar-refractivity contribution in [1.82, 2.24) is 0 Å². The van der Waals surface area contributed by atoms with Crippen molar-refractivity contribution in [3.05, 3.63) is 64.9 Å². The van der Waals surface area contributed by atoms with Gasteiger partial charge in [0.05, 0.1) is 11.1 Å². The number of thioether (sulfide) groups is 1. The highest BCUT2D eigenvalue weighted by Gasteiger charge is 2.09. The second kappa shape index (κ2) is 6.23. The van der Waals surface area contributed by atoms with Crippen LogP contribution in [0.4, 0.5) is 4.39 Å². The second-order valence-corrected chi connectivity index (χ2v) is 5.28. The normalized spacial score (nSPS) is 12.4. The Kier molecular flexibility index (Phi) is 4.64. The first kappa shape index (κ1) is 13.4. The first-order valence-corrected chi connectivity index (χ1v) is 6.84. The lowest BCUT2D eigenvalue weighted by Crippen LogP contribution is -2.00. The van der Waals surface area contributed by atoms with Crippen LogP contribution in [0, 0.1) is 5.82 Å². The van der Waals surface area contributed by atoms with Gasteiger partial charge in [0.1, 0.15) is 5.82 Å². The minimum atomic E-state index is -0.633. The number of halogens is 2. The summed E-state index contributed by atoms with van der Waals surface area (Å²) in [5.74, 6) is 0.180. The van der Waals surface area contributed by atoms with Crippen molar-refractivity contribution in [2.45, 2.75) is 11.0 Å². The predicted molar refractivity (Wildman–Crippen MR) is 73.5 cm³/mol. The quantitative estimate of drug-likeness (QED) is 0.844. The maximum Gasteiger partial charge on any atom is 0.123 e. The molecule has 0 saturated heterocycles. The summed E-state index contributed by atoms with van der Waals surface area (Å²) in [7, 11) is 0. The van der Waals surface area contributed by atoms with Crippen molar-refractivity contribution in [1.29, 1.82) is 0 Å². The lowest BCUT2D eigenvalue weighted by Gasteiger charge is -2.11. The number of rotatable bonds is 4. The molecule has 0 aliphatic heterocycles. The van der Waals surface area contributed by atoms with Crippen molar-refractivity contribution in [2.75, 3.05) is 5.75 Å². The van der Waals surface area contributed by atoms with Gasteiger partial charge in [-0.15, -0.1) is 11.8 Å². The third-order valence-electron chi connectivity index (χ3n) is 2.49. The van der Waals surface area contributed by atoms with Crippen LogP contribution in [0.1, 0.15) is 11.7 Å². The first-order chi connectivity index (χ1) is 8.66. The van der Waals surface area contributed by atoms with Crippen LogP contribution in [0.2, 0.25) is 5.02 Å². The van der Waals surface area contributed by atoms with Gasteiger partial charge in [-0.3, -0.25) is 0 Å². The Balaban J connectivity index is 1.98. The molecular formula is C14H12ClFOS. The molecule has 94 valence electrons. The minimum absolute atomic E-state index is 0.301. The molecule has 0 heterocycles. The van der Waals surface area contributed by atoms with Crippen LogP contribution in [0.15, 0.2) is 53.4 Å². The van der Waals surface area contributed by atoms with Crippen LogP contribution in [0.3, 0.4) is 0 Å². The number of hydrogen-bond donors (Lipinski definition) is 1. The molecule has 1 nitrogen and oxygen atoms in total. The molecule has 0 saturated carbocycles. The van der Waals surface area contributed by atoms with Crippen LogP contribution in [0.5, 0.6) is 0 Å². The van der Waals surface area contributed by atoms with E-state index >= 15 is 0 Å². The SMILES string of the molecule is OC(CSc1ccccc1Cl)c1ccc(F)cc1. The fraction of sp³-hybridized carbons (Fsp3) is 0.143. The zero-order chi connectivity index (χ0) is 13.0. The second-order valence-electron chi connectivity index (χ2n) is 3.81. The van der Waals surface area contributed by atoms with Crippen LogP contribution in [-0.2, 0) is 0 Å². The smallest absolute Gasteiger partial charge is 0.123 e. The van der Waals surface area contributed by atoms with Crippen LogP contribution < -0.4 is 0 Å². The number of benzene rings is 2. The summed E-state index contributed by atoms with van der Waals surface area (Å²) in [6, 6.07) is 13.4. The maximum atomic E-state index is 12.7. The van der Waals surface area contributed by atoms with Crippen molar-refractivity contribution in [3.63, 3.8) is 0 Å². The molecule has 0 fully saturated rings. The van der Waals surface area contributed by atoms with E-state index in [-0.39, 0.29) is 5.82 Å². The monoisotopic (exact) mass is 282 g/mol. The van der Waals surface area contributed by atoms with E-state index in [2.05, 4.69) is 0 Å². The molecule has 0 aromatic heterocycles. The van der Waals surface area contributed by atoms with Crippen molar-refractivity contribution < 1.29 is 9.50 Å². The maximum absolute atomic E-state index is 12.7. The summed E-state index contributed by atoms with van der Waals surface area (Å²) in [6.45, 7) is 0. The van der Waals surface area contributed by atoms with Gasteiger partial charge < -0.3 is 5.11 Å². The lowest BCUT2D eigenvalue weighted by atomic mass is 10.1. The highest BCUT2D eigenvalue weighted by Crippen LogP contribution is 2.30. The number of hydrogen-bond acceptors (Lipinski definition) is 2. The third-order valence-corrected chi connectivity index (χ3v) is 4.08. The topological polar surface area (TPSA) is 20.2 Å². The zero-order valence-electron chi connectivity index (χ0n) is 9.51. The molecule has 1 atom stereocenters. The molecule has 0 spiro atoms. The lowest BCUT2D eigenvalue weighted by molar-refractivity contribution is 0.204. The molecule has 0 bridgehead atoms. The summed E-state index contributed by atoms with van der Waals surface area (Å²) in [6.07, 6.45) is -0.633. The Morgan fingerprint density at radius 1 is 1.11 bits per heavy atom. The molecule has 0 aliphatic carbocycles. The Bertz CT molecular complexity index is 515. The van der Waals surface area contributed by atoms with Crippen molar-refractivity contribution >= 4 is 23.4 Å².